The van der Waals surface area contributed by atoms with Gasteiger partial charge in [0.2, 0.25) is 11.8 Å². The molecule has 2 rings (SSSR count). The summed E-state index contributed by atoms with van der Waals surface area (Å²) in [6.45, 7) is 0.862. The molecule has 0 spiro atoms. The van der Waals surface area contributed by atoms with E-state index in [1.54, 1.807) is 17.0 Å². The maximum absolute atomic E-state index is 13.1. The highest BCUT2D eigenvalue weighted by Gasteiger charge is 2.30. The van der Waals surface area contributed by atoms with Gasteiger partial charge in [0.15, 0.2) is 0 Å². The molecule has 1 aromatic rings. The number of hydrogen-bond acceptors (Lipinski definition) is 3. The predicted octanol–water partition coefficient (Wildman–Crippen LogP) is 1.41. The van der Waals surface area contributed by atoms with E-state index in [2.05, 4.69) is 5.32 Å². The largest absolute Gasteiger partial charge is 0.350 e. The lowest BCUT2D eigenvalue weighted by Gasteiger charge is -2.17. The van der Waals surface area contributed by atoms with Gasteiger partial charge in [-0.25, -0.2) is 4.39 Å². The number of rotatable bonds is 5. The van der Waals surface area contributed by atoms with Crippen molar-refractivity contribution in [1.82, 2.24) is 10.2 Å². The van der Waals surface area contributed by atoms with Gasteiger partial charge in [0, 0.05) is 19.5 Å². The molecule has 1 fully saturated rings. The molecule has 2 amide bonds. The average molecular weight is 296 g/mol. The fourth-order valence-electron chi connectivity index (χ4n) is 2.28. The van der Waals surface area contributed by atoms with Crippen LogP contribution in [0.15, 0.2) is 24.3 Å². The standard InChI is InChI=1S/C14H17FN2O2S/c1-20-9-13(18)16-12-6-14(19)17(8-12)7-10-3-2-4-11(15)5-10/h2-5,12H,6-9H2,1H3,(H,16,18)/t12-/m0/s1. The third kappa shape index (κ3) is 3.96. The van der Waals surface area contributed by atoms with Crippen LogP contribution >= 0.6 is 11.8 Å². The second-order valence-electron chi connectivity index (χ2n) is 4.81. The van der Waals surface area contributed by atoms with Crippen LogP contribution in [-0.4, -0.2) is 41.3 Å². The summed E-state index contributed by atoms with van der Waals surface area (Å²) in [5, 5.41) is 2.84. The van der Waals surface area contributed by atoms with Crippen molar-refractivity contribution in [2.24, 2.45) is 0 Å². The summed E-state index contributed by atoms with van der Waals surface area (Å²) >= 11 is 1.45. The zero-order chi connectivity index (χ0) is 14.5. The normalized spacial score (nSPS) is 18.4. The summed E-state index contributed by atoms with van der Waals surface area (Å²) in [6, 6.07) is 6.07. The number of carbonyl (C=O) groups is 2. The van der Waals surface area contributed by atoms with E-state index in [-0.39, 0.29) is 23.7 Å². The molecule has 0 saturated carbocycles. The van der Waals surface area contributed by atoms with Crippen molar-refractivity contribution in [3.8, 4) is 0 Å². The highest BCUT2D eigenvalue weighted by atomic mass is 32.2. The number of halogens is 1. The number of carbonyl (C=O) groups excluding carboxylic acids is 2. The van der Waals surface area contributed by atoms with Crippen molar-refractivity contribution < 1.29 is 14.0 Å². The molecule has 0 unspecified atom stereocenters. The average Bonchev–Trinajstić information content (AvgIpc) is 2.69. The van der Waals surface area contributed by atoms with Crippen molar-refractivity contribution in [1.29, 1.82) is 0 Å². The van der Waals surface area contributed by atoms with E-state index in [4.69, 9.17) is 0 Å². The molecule has 0 aliphatic carbocycles. The van der Waals surface area contributed by atoms with E-state index < -0.39 is 0 Å². The number of amides is 2. The van der Waals surface area contributed by atoms with Crippen LogP contribution in [0.5, 0.6) is 0 Å². The Morgan fingerprint density at radius 2 is 2.35 bits per heavy atom. The van der Waals surface area contributed by atoms with Crippen LogP contribution in [0.2, 0.25) is 0 Å². The molecule has 1 N–H and O–H groups in total. The van der Waals surface area contributed by atoms with Crippen LogP contribution in [-0.2, 0) is 16.1 Å². The van der Waals surface area contributed by atoms with Crippen LogP contribution in [0.4, 0.5) is 4.39 Å². The predicted molar refractivity (Wildman–Crippen MR) is 76.7 cm³/mol. The van der Waals surface area contributed by atoms with Crippen molar-refractivity contribution in [3.05, 3.63) is 35.6 Å². The number of benzene rings is 1. The van der Waals surface area contributed by atoms with Crippen molar-refractivity contribution in [3.63, 3.8) is 0 Å². The van der Waals surface area contributed by atoms with Crippen LogP contribution in [0.1, 0.15) is 12.0 Å². The molecule has 0 aromatic heterocycles. The highest BCUT2D eigenvalue weighted by Crippen LogP contribution is 2.16. The topological polar surface area (TPSA) is 49.4 Å². The van der Waals surface area contributed by atoms with Gasteiger partial charge in [0.05, 0.1) is 11.8 Å². The van der Waals surface area contributed by atoms with E-state index in [1.807, 2.05) is 6.26 Å². The zero-order valence-electron chi connectivity index (χ0n) is 11.3. The monoisotopic (exact) mass is 296 g/mol. The Kier molecular flexibility index (Phi) is 5.00. The summed E-state index contributed by atoms with van der Waals surface area (Å²) in [5.41, 5.74) is 0.759. The molecule has 1 aliphatic heterocycles. The molecule has 1 heterocycles. The fourth-order valence-corrected chi connectivity index (χ4v) is 2.62. The first-order valence-electron chi connectivity index (χ1n) is 6.39. The Labute approximate surface area is 121 Å². The number of likely N-dealkylation sites (tertiary alicyclic amines) is 1. The maximum Gasteiger partial charge on any atom is 0.230 e. The molecule has 108 valence electrons. The van der Waals surface area contributed by atoms with Gasteiger partial charge in [-0.3, -0.25) is 9.59 Å². The van der Waals surface area contributed by atoms with Crippen molar-refractivity contribution in [2.45, 2.75) is 19.0 Å². The number of thioether (sulfide) groups is 1. The van der Waals surface area contributed by atoms with E-state index in [9.17, 15) is 14.0 Å². The van der Waals surface area contributed by atoms with Crippen LogP contribution in [0.3, 0.4) is 0 Å². The first-order chi connectivity index (χ1) is 9.58. The van der Waals surface area contributed by atoms with Gasteiger partial charge in [-0.2, -0.15) is 11.8 Å². The third-order valence-electron chi connectivity index (χ3n) is 3.12. The van der Waals surface area contributed by atoms with Gasteiger partial charge in [0.1, 0.15) is 5.82 Å². The van der Waals surface area contributed by atoms with E-state index in [0.717, 1.165) is 5.56 Å². The van der Waals surface area contributed by atoms with E-state index in [0.29, 0.717) is 25.3 Å². The molecule has 0 bridgehead atoms. The third-order valence-corrected chi connectivity index (χ3v) is 3.67. The lowest BCUT2D eigenvalue weighted by atomic mass is 10.2. The zero-order valence-corrected chi connectivity index (χ0v) is 12.1. The SMILES string of the molecule is CSCC(=O)N[C@H]1CC(=O)N(Cc2cccc(F)c2)C1. The molecule has 20 heavy (non-hydrogen) atoms. The number of hydrogen-bond donors (Lipinski definition) is 1. The summed E-state index contributed by atoms with van der Waals surface area (Å²) in [7, 11) is 0. The Hall–Kier alpha value is -1.56. The molecule has 4 nitrogen and oxygen atoms in total. The van der Waals surface area contributed by atoms with E-state index in [1.165, 1.54) is 23.9 Å². The Morgan fingerprint density at radius 3 is 3.05 bits per heavy atom. The highest BCUT2D eigenvalue weighted by molar-refractivity contribution is 7.99. The van der Waals surface area contributed by atoms with Gasteiger partial charge < -0.3 is 10.2 Å². The lowest BCUT2D eigenvalue weighted by Crippen LogP contribution is -2.37. The van der Waals surface area contributed by atoms with Crippen LogP contribution < -0.4 is 5.32 Å². The number of nitrogens with one attached hydrogen (secondary N) is 1. The molecule has 1 atom stereocenters. The minimum Gasteiger partial charge on any atom is -0.350 e. The first kappa shape index (κ1) is 14.8. The van der Waals surface area contributed by atoms with Gasteiger partial charge in [-0.1, -0.05) is 12.1 Å². The molecule has 6 heteroatoms. The van der Waals surface area contributed by atoms with Crippen molar-refractivity contribution >= 4 is 23.6 Å². The molecule has 1 aliphatic rings. The maximum atomic E-state index is 13.1. The summed E-state index contributed by atoms with van der Waals surface area (Å²) in [5.74, 6) is 0.0276. The Balaban J connectivity index is 1.91. The van der Waals surface area contributed by atoms with Crippen molar-refractivity contribution in [2.75, 3.05) is 18.6 Å². The van der Waals surface area contributed by atoms with E-state index >= 15 is 0 Å². The van der Waals surface area contributed by atoms with Crippen LogP contribution in [0.25, 0.3) is 0 Å². The van der Waals surface area contributed by atoms with Crippen LogP contribution in [0, 0.1) is 5.82 Å². The molecule has 1 aromatic carbocycles. The summed E-state index contributed by atoms with van der Waals surface area (Å²) in [4.78, 5) is 25.0. The smallest absolute Gasteiger partial charge is 0.230 e. The lowest BCUT2D eigenvalue weighted by molar-refractivity contribution is -0.128. The molecular weight excluding hydrogens is 279 g/mol. The van der Waals surface area contributed by atoms with Gasteiger partial charge >= 0.3 is 0 Å². The quantitative estimate of drug-likeness (QED) is 0.893. The second-order valence-corrected chi connectivity index (χ2v) is 5.67. The first-order valence-corrected chi connectivity index (χ1v) is 7.78. The minimum atomic E-state index is -0.307. The minimum absolute atomic E-state index is 0.0105. The Morgan fingerprint density at radius 1 is 1.55 bits per heavy atom. The van der Waals surface area contributed by atoms with Gasteiger partial charge in [-0.15, -0.1) is 0 Å². The van der Waals surface area contributed by atoms with Gasteiger partial charge in [0.25, 0.3) is 0 Å². The summed E-state index contributed by atoms with van der Waals surface area (Å²) in [6.07, 6.45) is 2.17. The fraction of sp³-hybridized carbons (Fsp3) is 0.429. The molecule has 0 radical (unpaired) electrons. The number of nitrogens with zero attached hydrogens (tertiary/aromatic N) is 1. The molecular formula is C14H17FN2O2S. The Bertz CT molecular complexity index is 510. The molecule has 1 saturated heterocycles. The second kappa shape index (κ2) is 6.74. The summed E-state index contributed by atoms with van der Waals surface area (Å²) < 4.78 is 13.1. The van der Waals surface area contributed by atoms with Gasteiger partial charge in [-0.05, 0) is 24.0 Å².